The maximum atomic E-state index is 14.1. The van der Waals surface area contributed by atoms with Gasteiger partial charge in [0, 0.05) is 42.0 Å². The monoisotopic (exact) mass is 353 g/mol. The van der Waals surface area contributed by atoms with Crippen LogP contribution in [0.15, 0.2) is 42.5 Å². The fourth-order valence-corrected chi connectivity index (χ4v) is 2.87. The van der Waals surface area contributed by atoms with Gasteiger partial charge in [-0.05, 0) is 18.2 Å². The van der Waals surface area contributed by atoms with Crippen LogP contribution >= 0.6 is 0 Å². The van der Waals surface area contributed by atoms with Crippen LogP contribution in [0.5, 0.6) is 0 Å². The zero-order chi connectivity index (χ0) is 18.5. The van der Waals surface area contributed by atoms with Gasteiger partial charge in [0.1, 0.15) is 5.82 Å². The van der Waals surface area contributed by atoms with Crippen LogP contribution in [-0.2, 0) is 4.74 Å². The predicted molar refractivity (Wildman–Crippen MR) is 96.0 cm³/mol. The van der Waals surface area contributed by atoms with Crippen molar-refractivity contribution in [2.45, 2.75) is 0 Å². The van der Waals surface area contributed by atoms with Gasteiger partial charge in [0.15, 0.2) is 0 Å². The number of benzene rings is 2. The first-order valence-corrected chi connectivity index (χ1v) is 8.08. The normalized spacial score (nSPS) is 14.8. The SMILES string of the molecule is N#CC(=Cc1cc([N+](=O)[O-])ccc1N1CCOCC1)c1ccccc1F. The third-order valence-corrected chi connectivity index (χ3v) is 4.16. The highest BCUT2D eigenvalue weighted by Gasteiger charge is 2.18. The van der Waals surface area contributed by atoms with Gasteiger partial charge in [-0.25, -0.2) is 4.39 Å². The number of hydrogen-bond acceptors (Lipinski definition) is 5. The van der Waals surface area contributed by atoms with Crippen LogP contribution in [0.2, 0.25) is 0 Å². The Morgan fingerprint density at radius 2 is 2.00 bits per heavy atom. The molecule has 132 valence electrons. The minimum Gasteiger partial charge on any atom is -0.378 e. The zero-order valence-corrected chi connectivity index (χ0v) is 13.9. The molecule has 0 unspecified atom stereocenters. The van der Waals surface area contributed by atoms with Crippen LogP contribution in [-0.4, -0.2) is 31.2 Å². The van der Waals surface area contributed by atoms with Crippen molar-refractivity contribution in [3.05, 3.63) is 69.5 Å². The van der Waals surface area contributed by atoms with E-state index >= 15 is 0 Å². The van der Waals surface area contributed by atoms with Gasteiger partial charge in [-0.3, -0.25) is 10.1 Å². The lowest BCUT2D eigenvalue weighted by Crippen LogP contribution is -2.36. The molecule has 0 aromatic heterocycles. The summed E-state index contributed by atoms with van der Waals surface area (Å²) >= 11 is 0. The Kier molecular flexibility index (Phi) is 5.25. The minimum absolute atomic E-state index is 0.0842. The van der Waals surface area contributed by atoms with Crippen molar-refractivity contribution in [3.8, 4) is 6.07 Å². The van der Waals surface area contributed by atoms with Crippen LogP contribution in [0.3, 0.4) is 0 Å². The molecule has 0 bridgehead atoms. The van der Waals surface area contributed by atoms with E-state index in [0.29, 0.717) is 31.9 Å². The van der Waals surface area contributed by atoms with Gasteiger partial charge in [0.05, 0.1) is 29.8 Å². The molecule has 7 heteroatoms. The molecular formula is C19H16FN3O3. The van der Waals surface area contributed by atoms with Gasteiger partial charge < -0.3 is 9.64 Å². The molecule has 0 N–H and O–H groups in total. The highest BCUT2D eigenvalue weighted by molar-refractivity contribution is 5.92. The number of allylic oxidation sites excluding steroid dienone is 1. The first-order valence-electron chi connectivity index (χ1n) is 8.08. The van der Waals surface area contributed by atoms with Crippen LogP contribution in [0.4, 0.5) is 15.8 Å². The molecule has 6 nitrogen and oxygen atoms in total. The molecule has 1 fully saturated rings. The zero-order valence-electron chi connectivity index (χ0n) is 13.9. The highest BCUT2D eigenvalue weighted by Crippen LogP contribution is 2.30. The third-order valence-electron chi connectivity index (χ3n) is 4.16. The Bertz CT molecular complexity index is 899. The fourth-order valence-electron chi connectivity index (χ4n) is 2.87. The number of ether oxygens (including phenoxy) is 1. The number of morpholine rings is 1. The first kappa shape index (κ1) is 17.6. The number of rotatable bonds is 4. The second kappa shape index (κ2) is 7.76. The summed E-state index contributed by atoms with van der Waals surface area (Å²) in [5.74, 6) is -0.515. The summed E-state index contributed by atoms with van der Waals surface area (Å²) in [7, 11) is 0. The summed E-state index contributed by atoms with van der Waals surface area (Å²) in [5.41, 5.74) is 1.44. The molecule has 2 aromatic rings. The maximum absolute atomic E-state index is 14.1. The van der Waals surface area contributed by atoms with E-state index in [0.717, 1.165) is 5.69 Å². The molecule has 2 aromatic carbocycles. The second-order valence-corrected chi connectivity index (χ2v) is 5.75. The fraction of sp³-hybridized carbons (Fsp3) is 0.211. The number of hydrogen-bond donors (Lipinski definition) is 0. The Morgan fingerprint density at radius 1 is 1.27 bits per heavy atom. The quantitative estimate of drug-likeness (QED) is 0.363. The summed E-state index contributed by atoms with van der Waals surface area (Å²) in [4.78, 5) is 12.7. The number of halogens is 1. The van der Waals surface area contributed by atoms with Gasteiger partial charge in [0.2, 0.25) is 0 Å². The molecule has 1 aliphatic heterocycles. The van der Waals surface area contributed by atoms with E-state index in [1.165, 1.54) is 30.3 Å². The summed E-state index contributed by atoms with van der Waals surface area (Å²) < 4.78 is 19.4. The van der Waals surface area contributed by atoms with Crippen LogP contribution in [0.1, 0.15) is 11.1 Å². The van der Waals surface area contributed by atoms with Crippen molar-refractivity contribution in [3.63, 3.8) is 0 Å². The van der Waals surface area contributed by atoms with E-state index in [2.05, 4.69) is 0 Å². The second-order valence-electron chi connectivity index (χ2n) is 5.75. The summed E-state index contributed by atoms with van der Waals surface area (Å²) in [5, 5.41) is 20.6. The van der Waals surface area contributed by atoms with Gasteiger partial charge in [-0.15, -0.1) is 0 Å². The first-order chi connectivity index (χ1) is 12.6. The van der Waals surface area contributed by atoms with Crippen molar-refractivity contribution in [2.75, 3.05) is 31.2 Å². The average molecular weight is 353 g/mol. The summed E-state index contributed by atoms with van der Waals surface area (Å²) in [6.45, 7) is 2.39. The molecule has 0 aliphatic carbocycles. The molecule has 26 heavy (non-hydrogen) atoms. The van der Waals surface area contributed by atoms with E-state index in [-0.39, 0.29) is 16.8 Å². The molecule has 0 radical (unpaired) electrons. The van der Waals surface area contributed by atoms with Crippen molar-refractivity contribution in [2.24, 2.45) is 0 Å². The van der Waals surface area contributed by atoms with Gasteiger partial charge in [-0.2, -0.15) is 5.26 Å². The summed E-state index contributed by atoms with van der Waals surface area (Å²) in [6.07, 6.45) is 1.50. The molecule has 1 aliphatic rings. The molecule has 1 heterocycles. The molecule has 0 amide bonds. The Balaban J connectivity index is 2.11. The number of nitriles is 1. The Labute approximate surface area is 149 Å². The third kappa shape index (κ3) is 3.71. The van der Waals surface area contributed by atoms with E-state index in [9.17, 15) is 19.8 Å². The molecule has 0 saturated carbocycles. The van der Waals surface area contributed by atoms with Gasteiger partial charge in [0.25, 0.3) is 5.69 Å². The average Bonchev–Trinajstić information content (AvgIpc) is 2.67. The lowest BCUT2D eigenvalue weighted by atomic mass is 10.0. The number of nitro benzene ring substituents is 1. The van der Waals surface area contributed by atoms with Crippen LogP contribution in [0, 0.1) is 27.3 Å². The van der Waals surface area contributed by atoms with E-state index in [4.69, 9.17) is 4.74 Å². The molecule has 0 atom stereocenters. The van der Waals surface area contributed by atoms with Crippen molar-refractivity contribution < 1.29 is 14.1 Å². The van der Waals surface area contributed by atoms with Crippen molar-refractivity contribution in [1.29, 1.82) is 5.26 Å². The standard InChI is InChI=1S/C19H16FN3O3/c20-18-4-2-1-3-17(18)15(13-21)11-14-12-16(23(24)25)5-6-19(14)22-7-9-26-10-8-22/h1-6,11-12H,7-10H2. The van der Waals surface area contributed by atoms with Crippen molar-refractivity contribution >= 4 is 23.0 Å². The van der Waals surface area contributed by atoms with Crippen molar-refractivity contribution in [1.82, 2.24) is 0 Å². The topological polar surface area (TPSA) is 79.4 Å². The van der Waals surface area contributed by atoms with Crippen LogP contribution < -0.4 is 4.90 Å². The number of nitrogens with zero attached hydrogens (tertiary/aromatic N) is 3. The number of nitro groups is 1. The smallest absolute Gasteiger partial charge is 0.270 e. The molecule has 0 spiro atoms. The molecular weight excluding hydrogens is 337 g/mol. The molecule has 3 rings (SSSR count). The van der Waals surface area contributed by atoms with E-state index in [1.807, 2.05) is 11.0 Å². The minimum atomic E-state index is -0.515. The predicted octanol–water partition coefficient (Wildman–Crippen LogP) is 3.63. The summed E-state index contributed by atoms with van der Waals surface area (Å²) in [6, 6.07) is 12.5. The molecule has 1 saturated heterocycles. The highest BCUT2D eigenvalue weighted by atomic mass is 19.1. The lowest BCUT2D eigenvalue weighted by molar-refractivity contribution is -0.384. The van der Waals surface area contributed by atoms with E-state index < -0.39 is 10.7 Å². The number of non-ortho nitro benzene ring substituents is 1. The van der Waals surface area contributed by atoms with Gasteiger partial charge >= 0.3 is 0 Å². The maximum Gasteiger partial charge on any atom is 0.270 e. The number of anilines is 1. The van der Waals surface area contributed by atoms with Gasteiger partial charge in [-0.1, -0.05) is 18.2 Å². The Morgan fingerprint density at radius 3 is 2.65 bits per heavy atom. The largest absolute Gasteiger partial charge is 0.378 e. The van der Waals surface area contributed by atoms with E-state index in [1.54, 1.807) is 18.2 Å². The lowest BCUT2D eigenvalue weighted by Gasteiger charge is -2.30. The Hall–Kier alpha value is -3.24. The van der Waals surface area contributed by atoms with Crippen LogP contribution in [0.25, 0.3) is 11.6 Å².